The molecular weight excluding hydrogens is 370 g/mol. The number of methoxy groups -OCH3 is 1. The summed E-state index contributed by atoms with van der Waals surface area (Å²) >= 11 is 0. The Hall–Kier alpha value is -1.79. The van der Waals surface area contributed by atoms with E-state index in [4.69, 9.17) is 9.47 Å². The van der Waals surface area contributed by atoms with Gasteiger partial charge in [-0.1, -0.05) is 19.4 Å². The van der Waals surface area contributed by atoms with E-state index in [1.807, 2.05) is 25.1 Å². The number of ether oxygens (including phenoxy) is 2. The summed E-state index contributed by atoms with van der Waals surface area (Å²) in [6.07, 6.45) is 3.42. The lowest BCUT2D eigenvalue weighted by atomic mass is 9.72. The molecule has 5 atom stereocenters. The highest BCUT2D eigenvalue weighted by molar-refractivity contribution is 5.77. The Balaban J connectivity index is 1.55. The van der Waals surface area contributed by atoms with E-state index in [1.165, 1.54) is 19.3 Å². The molecule has 1 aliphatic heterocycles. The highest BCUT2D eigenvalue weighted by Crippen LogP contribution is 2.57. The molecule has 1 saturated heterocycles. The molecule has 0 aromatic heterocycles. The SMILES string of the molecule is COc1ccc(C2CN(C(=O)CO)CC2(C)[C@@H](C)O)cc1OCC1C2CCCC21. The summed E-state index contributed by atoms with van der Waals surface area (Å²) in [5.74, 6) is 3.45. The molecule has 4 unspecified atom stereocenters. The molecule has 2 aliphatic carbocycles. The van der Waals surface area contributed by atoms with Crippen molar-refractivity contribution in [3.05, 3.63) is 23.8 Å². The van der Waals surface area contributed by atoms with Gasteiger partial charge < -0.3 is 24.6 Å². The number of carbonyl (C=O) groups is 1. The maximum atomic E-state index is 12.1. The van der Waals surface area contributed by atoms with Crippen LogP contribution in [-0.2, 0) is 4.79 Å². The Morgan fingerprint density at radius 1 is 1.31 bits per heavy atom. The monoisotopic (exact) mass is 403 g/mol. The Labute approximate surface area is 172 Å². The van der Waals surface area contributed by atoms with Crippen LogP contribution in [0, 0.1) is 23.2 Å². The van der Waals surface area contributed by atoms with Gasteiger partial charge in [-0.05, 0) is 55.2 Å². The quantitative estimate of drug-likeness (QED) is 0.731. The summed E-state index contributed by atoms with van der Waals surface area (Å²) in [7, 11) is 1.64. The molecule has 2 N–H and O–H groups in total. The second kappa shape index (κ2) is 7.80. The molecule has 1 amide bonds. The minimum atomic E-state index is -0.596. The number of hydrogen-bond acceptors (Lipinski definition) is 5. The van der Waals surface area contributed by atoms with Crippen molar-refractivity contribution in [2.45, 2.75) is 45.1 Å². The predicted octanol–water partition coefficient (Wildman–Crippen LogP) is 2.43. The fourth-order valence-electron chi connectivity index (χ4n) is 5.64. The van der Waals surface area contributed by atoms with Crippen LogP contribution in [0.2, 0.25) is 0 Å². The van der Waals surface area contributed by atoms with Gasteiger partial charge in [0.25, 0.3) is 0 Å². The Morgan fingerprint density at radius 3 is 2.66 bits per heavy atom. The molecule has 0 spiro atoms. The van der Waals surface area contributed by atoms with Crippen molar-refractivity contribution in [3.8, 4) is 11.5 Å². The third-order valence-electron chi connectivity index (χ3n) is 7.78. The summed E-state index contributed by atoms with van der Waals surface area (Å²) < 4.78 is 11.7. The molecule has 160 valence electrons. The first kappa shape index (κ1) is 20.5. The lowest BCUT2D eigenvalue weighted by Crippen LogP contribution is -2.38. The molecule has 6 heteroatoms. The zero-order valence-corrected chi connectivity index (χ0v) is 17.6. The number of rotatable bonds is 7. The summed E-state index contributed by atoms with van der Waals surface area (Å²) in [6, 6.07) is 5.92. The van der Waals surface area contributed by atoms with Crippen molar-refractivity contribution in [2.75, 3.05) is 33.4 Å². The zero-order valence-electron chi connectivity index (χ0n) is 17.6. The van der Waals surface area contributed by atoms with Crippen LogP contribution in [0.15, 0.2) is 18.2 Å². The van der Waals surface area contributed by atoms with Crippen molar-refractivity contribution in [1.82, 2.24) is 4.90 Å². The van der Waals surface area contributed by atoms with Crippen molar-refractivity contribution in [1.29, 1.82) is 0 Å². The van der Waals surface area contributed by atoms with E-state index in [0.717, 1.165) is 29.8 Å². The molecule has 3 aliphatic rings. The Morgan fingerprint density at radius 2 is 2.03 bits per heavy atom. The fraction of sp³-hybridized carbons (Fsp3) is 0.696. The number of benzene rings is 1. The van der Waals surface area contributed by atoms with Gasteiger partial charge in [0.1, 0.15) is 6.61 Å². The Bertz CT molecular complexity index is 756. The Kier molecular flexibility index (Phi) is 5.51. The number of amides is 1. The summed E-state index contributed by atoms with van der Waals surface area (Å²) in [5, 5.41) is 19.8. The minimum Gasteiger partial charge on any atom is -0.493 e. The molecule has 6 nitrogen and oxygen atoms in total. The molecular formula is C23H33NO5. The van der Waals surface area contributed by atoms with E-state index in [-0.39, 0.29) is 11.8 Å². The van der Waals surface area contributed by atoms with E-state index in [2.05, 4.69) is 0 Å². The first-order valence-electron chi connectivity index (χ1n) is 10.8. The van der Waals surface area contributed by atoms with Gasteiger partial charge in [0, 0.05) is 24.4 Å². The first-order chi connectivity index (χ1) is 13.9. The maximum absolute atomic E-state index is 12.1. The van der Waals surface area contributed by atoms with Gasteiger partial charge >= 0.3 is 0 Å². The molecule has 29 heavy (non-hydrogen) atoms. The summed E-state index contributed by atoms with van der Waals surface area (Å²) in [5.41, 5.74) is 0.526. The van der Waals surface area contributed by atoms with Crippen molar-refractivity contribution >= 4 is 5.91 Å². The van der Waals surface area contributed by atoms with Gasteiger partial charge in [0.15, 0.2) is 11.5 Å². The number of likely N-dealkylation sites (tertiary alicyclic amines) is 1. The van der Waals surface area contributed by atoms with Crippen molar-refractivity contribution in [3.63, 3.8) is 0 Å². The van der Waals surface area contributed by atoms with Crippen molar-refractivity contribution in [2.24, 2.45) is 23.2 Å². The highest BCUT2D eigenvalue weighted by atomic mass is 16.5. The van der Waals surface area contributed by atoms with Gasteiger partial charge in [0.05, 0.1) is 19.8 Å². The van der Waals surface area contributed by atoms with Gasteiger partial charge in [-0.25, -0.2) is 0 Å². The van der Waals surface area contributed by atoms with Crippen LogP contribution >= 0.6 is 0 Å². The fourth-order valence-corrected chi connectivity index (χ4v) is 5.64. The number of aliphatic hydroxyl groups is 2. The smallest absolute Gasteiger partial charge is 0.248 e. The predicted molar refractivity (Wildman–Crippen MR) is 109 cm³/mol. The summed E-state index contributed by atoms with van der Waals surface area (Å²) in [6.45, 7) is 4.88. The number of fused-ring (bicyclic) bond motifs is 1. The van der Waals surface area contributed by atoms with Gasteiger partial charge in [-0.3, -0.25) is 4.79 Å². The highest BCUT2D eigenvalue weighted by Gasteiger charge is 2.53. The normalized spacial score (nSPS) is 34.0. The van der Waals surface area contributed by atoms with Crippen LogP contribution in [0.3, 0.4) is 0 Å². The maximum Gasteiger partial charge on any atom is 0.248 e. The average molecular weight is 404 g/mol. The number of hydrogen-bond donors (Lipinski definition) is 2. The van der Waals surface area contributed by atoms with Crippen LogP contribution < -0.4 is 9.47 Å². The first-order valence-corrected chi connectivity index (χ1v) is 10.8. The second-order valence-electron chi connectivity index (χ2n) is 9.31. The molecule has 3 fully saturated rings. The van der Waals surface area contributed by atoms with E-state index in [0.29, 0.717) is 24.8 Å². The third-order valence-corrected chi connectivity index (χ3v) is 7.78. The van der Waals surface area contributed by atoms with Crippen LogP contribution in [0.25, 0.3) is 0 Å². The zero-order chi connectivity index (χ0) is 20.8. The van der Waals surface area contributed by atoms with E-state index in [1.54, 1.807) is 18.9 Å². The minimum absolute atomic E-state index is 0.0495. The van der Waals surface area contributed by atoms with Crippen LogP contribution in [-0.4, -0.2) is 60.5 Å². The lowest BCUT2D eigenvalue weighted by molar-refractivity contribution is -0.133. The van der Waals surface area contributed by atoms with E-state index < -0.39 is 18.1 Å². The molecule has 1 aromatic rings. The number of carbonyl (C=O) groups excluding carboxylic acids is 1. The van der Waals surface area contributed by atoms with Gasteiger partial charge in [-0.2, -0.15) is 0 Å². The third kappa shape index (κ3) is 3.61. The van der Waals surface area contributed by atoms with Crippen LogP contribution in [0.5, 0.6) is 11.5 Å². The molecule has 1 aromatic carbocycles. The second-order valence-corrected chi connectivity index (χ2v) is 9.31. The molecule has 2 saturated carbocycles. The number of aliphatic hydroxyl groups excluding tert-OH is 2. The van der Waals surface area contributed by atoms with E-state index in [9.17, 15) is 15.0 Å². The molecule has 1 heterocycles. The molecule has 4 rings (SSSR count). The molecule has 0 radical (unpaired) electrons. The lowest BCUT2D eigenvalue weighted by Gasteiger charge is -2.33. The standard InChI is InChI=1S/C23H33NO5/c1-14(26)23(2)13-24(22(27)11-25)10-19(23)15-7-8-20(28-3)21(9-15)29-12-18-16-5-4-6-17(16)18/h7-9,14,16-19,25-26H,4-6,10-13H2,1-3H3/t14-,16?,17?,18?,19?,23?/m1/s1. The average Bonchev–Trinajstić information content (AvgIpc) is 3.05. The topological polar surface area (TPSA) is 79.2 Å². The number of nitrogens with zero attached hydrogens (tertiary/aromatic N) is 1. The van der Waals surface area contributed by atoms with Crippen LogP contribution in [0.4, 0.5) is 0 Å². The largest absolute Gasteiger partial charge is 0.493 e. The van der Waals surface area contributed by atoms with Crippen molar-refractivity contribution < 1.29 is 24.5 Å². The molecule has 0 bridgehead atoms. The van der Waals surface area contributed by atoms with E-state index >= 15 is 0 Å². The van der Waals surface area contributed by atoms with Gasteiger partial charge in [0.2, 0.25) is 5.91 Å². The van der Waals surface area contributed by atoms with Gasteiger partial charge in [-0.15, -0.1) is 0 Å². The van der Waals surface area contributed by atoms with Crippen LogP contribution in [0.1, 0.15) is 44.6 Å². The summed E-state index contributed by atoms with van der Waals surface area (Å²) in [4.78, 5) is 13.7.